The number of aryl methyl sites for hydroxylation is 1. The van der Waals surface area contributed by atoms with Gasteiger partial charge in [0.2, 0.25) is 0 Å². The van der Waals surface area contributed by atoms with E-state index in [0.29, 0.717) is 11.4 Å². The number of nitrogens with zero attached hydrogens (tertiary/aromatic N) is 4. The van der Waals surface area contributed by atoms with Gasteiger partial charge in [0.05, 0.1) is 25.4 Å². The number of ether oxygens (including phenoxy) is 1. The molecule has 4 aromatic rings. The molecule has 2 N–H and O–H groups in total. The van der Waals surface area contributed by atoms with E-state index in [-0.39, 0.29) is 31.0 Å². The monoisotopic (exact) mass is 526 g/mol. The van der Waals surface area contributed by atoms with Gasteiger partial charge in [0, 0.05) is 24.5 Å². The molecule has 2 amide bonds. The zero-order valence-electron chi connectivity index (χ0n) is 20.4. The number of aromatic nitrogens is 4. The summed E-state index contributed by atoms with van der Waals surface area (Å²) in [6.07, 6.45) is -2.64. The maximum atomic E-state index is 13.0. The third kappa shape index (κ3) is 6.85. The van der Waals surface area contributed by atoms with Gasteiger partial charge in [-0.1, -0.05) is 35.5 Å². The lowest BCUT2D eigenvalue weighted by Crippen LogP contribution is -2.33. The van der Waals surface area contributed by atoms with E-state index in [1.807, 2.05) is 65.6 Å². The number of amides is 2. The number of carbonyl (C=O) groups is 2. The molecule has 0 bridgehead atoms. The van der Waals surface area contributed by atoms with Crippen LogP contribution < -0.4 is 10.6 Å². The van der Waals surface area contributed by atoms with Gasteiger partial charge in [-0.05, 0) is 42.0 Å². The second-order valence-corrected chi connectivity index (χ2v) is 8.41. The largest absolute Gasteiger partial charge is 0.405 e. The molecule has 38 heavy (non-hydrogen) atoms. The maximum absolute atomic E-state index is 13.0. The molecule has 2 heterocycles. The number of rotatable bonds is 10. The van der Waals surface area contributed by atoms with Gasteiger partial charge in [-0.15, -0.1) is 5.10 Å². The number of carbonyl (C=O) groups excluding carboxylic acids is 2. The molecule has 198 valence electrons. The number of benzene rings is 2. The van der Waals surface area contributed by atoms with Crippen LogP contribution in [-0.2, 0) is 31.5 Å². The molecular formula is C26H25F3N6O3. The Kier molecular flexibility index (Phi) is 8.22. The fourth-order valence-electron chi connectivity index (χ4n) is 3.63. The molecule has 2 aromatic heterocycles. The molecule has 0 radical (unpaired) electrons. The van der Waals surface area contributed by atoms with Crippen LogP contribution in [0.4, 0.5) is 13.2 Å². The highest BCUT2D eigenvalue weighted by molar-refractivity contribution is 5.94. The minimum absolute atomic E-state index is 0.00260. The van der Waals surface area contributed by atoms with Gasteiger partial charge in [0.25, 0.3) is 11.8 Å². The Hall–Kier alpha value is -4.45. The van der Waals surface area contributed by atoms with Crippen molar-refractivity contribution in [3.63, 3.8) is 0 Å². The van der Waals surface area contributed by atoms with Crippen molar-refractivity contribution >= 4 is 11.8 Å². The quantitative estimate of drug-likeness (QED) is 0.329. The predicted octanol–water partition coefficient (Wildman–Crippen LogP) is 3.54. The Balaban J connectivity index is 1.53. The van der Waals surface area contributed by atoms with Crippen molar-refractivity contribution in [2.45, 2.75) is 25.9 Å². The number of halogens is 3. The highest BCUT2D eigenvalue weighted by atomic mass is 19.4. The normalized spacial score (nSPS) is 11.4. The van der Waals surface area contributed by atoms with E-state index in [1.54, 1.807) is 0 Å². The van der Waals surface area contributed by atoms with Crippen molar-refractivity contribution < 1.29 is 27.5 Å². The smallest absolute Gasteiger partial charge is 0.370 e. The summed E-state index contributed by atoms with van der Waals surface area (Å²) in [5.74, 6) is -1.31. The van der Waals surface area contributed by atoms with Crippen molar-refractivity contribution in [2.24, 2.45) is 7.05 Å². The lowest BCUT2D eigenvalue weighted by atomic mass is 10.2. The molecule has 2 aromatic carbocycles. The van der Waals surface area contributed by atoms with E-state index in [9.17, 15) is 22.8 Å². The van der Waals surface area contributed by atoms with Gasteiger partial charge in [-0.25, -0.2) is 4.68 Å². The zero-order valence-corrected chi connectivity index (χ0v) is 20.4. The molecule has 0 aliphatic heterocycles. The lowest BCUT2D eigenvalue weighted by Gasteiger charge is -2.11. The minimum Gasteiger partial charge on any atom is -0.370 e. The molecule has 0 saturated heterocycles. The minimum atomic E-state index is -4.51. The fourth-order valence-corrected chi connectivity index (χ4v) is 3.63. The maximum Gasteiger partial charge on any atom is 0.405 e. The van der Waals surface area contributed by atoms with E-state index in [4.69, 9.17) is 4.74 Å². The molecule has 0 fully saturated rings. The van der Waals surface area contributed by atoms with Crippen LogP contribution >= 0.6 is 0 Å². The summed E-state index contributed by atoms with van der Waals surface area (Å²) in [5, 5.41) is 12.8. The summed E-state index contributed by atoms with van der Waals surface area (Å²) < 4.78 is 46.4. The molecule has 9 nitrogen and oxygen atoms in total. The number of hydrogen-bond donors (Lipinski definition) is 2. The molecule has 0 aliphatic carbocycles. The summed E-state index contributed by atoms with van der Waals surface area (Å²) in [6.45, 7) is -0.862. The highest BCUT2D eigenvalue weighted by Crippen LogP contribution is 2.17. The first-order valence-electron chi connectivity index (χ1n) is 11.6. The molecule has 0 spiro atoms. The Morgan fingerprint density at radius 3 is 2.32 bits per heavy atom. The first-order valence-corrected chi connectivity index (χ1v) is 11.6. The van der Waals surface area contributed by atoms with Crippen LogP contribution in [0.5, 0.6) is 0 Å². The SMILES string of the molecule is Cn1cccc1CNC(=O)c1nnn(-c2ccc(C(=O)NCC(F)(F)F)cc2)c1COCc1ccccc1. The first kappa shape index (κ1) is 26.6. The average Bonchev–Trinajstić information content (AvgIpc) is 3.52. The molecule has 0 aliphatic rings. The van der Waals surface area contributed by atoms with E-state index in [1.165, 1.54) is 28.9 Å². The van der Waals surface area contributed by atoms with Crippen LogP contribution in [0, 0.1) is 0 Å². The van der Waals surface area contributed by atoms with E-state index in [2.05, 4.69) is 15.6 Å². The average molecular weight is 527 g/mol. The second kappa shape index (κ2) is 11.7. The van der Waals surface area contributed by atoms with Crippen molar-refractivity contribution in [3.8, 4) is 5.69 Å². The summed E-state index contributed by atoms with van der Waals surface area (Å²) in [6, 6.07) is 19.0. The van der Waals surface area contributed by atoms with Gasteiger partial charge in [-0.3, -0.25) is 9.59 Å². The number of hydrogen-bond acceptors (Lipinski definition) is 5. The van der Waals surface area contributed by atoms with Crippen LogP contribution in [0.2, 0.25) is 0 Å². The van der Waals surface area contributed by atoms with Crippen LogP contribution in [0.1, 0.15) is 37.8 Å². The topological polar surface area (TPSA) is 103 Å². The summed E-state index contributed by atoms with van der Waals surface area (Å²) in [4.78, 5) is 25.1. The van der Waals surface area contributed by atoms with Gasteiger partial charge in [0.15, 0.2) is 5.69 Å². The standard InChI is InChI=1S/C26H25F3N6O3/c1-34-13-5-8-21(34)14-30-25(37)23-22(16-38-15-18-6-3-2-4-7-18)35(33-32-23)20-11-9-19(10-12-20)24(36)31-17-26(27,28)29/h2-13H,14-17H2,1H3,(H,30,37)(H,31,36). The highest BCUT2D eigenvalue weighted by Gasteiger charge is 2.28. The predicted molar refractivity (Wildman–Crippen MR) is 131 cm³/mol. The summed E-state index contributed by atoms with van der Waals surface area (Å²) in [7, 11) is 1.87. The Bertz CT molecular complexity index is 1380. The van der Waals surface area contributed by atoms with Gasteiger partial charge in [-0.2, -0.15) is 13.2 Å². The zero-order chi connectivity index (χ0) is 27.1. The van der Waals surface area contributed by atoms with E-state index < -0.39 is 24.5 Å². The molecule has 0 atom stereocenters. The van der Waals surface area contributed by atoms with Gasteiger partial charge < -0.3 is 19.9 Å². The van der Waals surface area contributed by atoms with Gasteiger partial charge >= 0.3 is 6.18 Å². The Morgan fingerprint density at radius 2 is 1.66 bits per heavy atom. The van der Waals surface area contributed by atoms with Crippen molar-refractivity contribution in [3.05, 3.63) is 101 Å². The third-order valence-electron chi connectivity index (χ3n) is 5.63. The van der Waals surface area contributed by atoms with Crippen molar-refractivity contribution in [2.75, 3.05) is 6.54 Å². The lowest BCUT2D eigenvalue weighted by molar-refractivity contribution is -0.123. The first-order chi connectivity index (χ1) is 18.2. The molecule has 12 heteroatoms. The fraction of sp³-hybridized carbons (Fsp3) is 0.231. The third-order valence-corrected chi connectivity index (χ3v) is 5.63. The Labute approximate surface area is 216 Å². The van der Waals surface area contributed by atoms with Crippen molar-refractivity contribution in [1.29, 1.82) is 0 Å². The number of alkyl halides is 3. The Morgan fingerprint density at radius 1 is 0.921 bits per heavy atom. The number of nitrogens with one attached hydrogen (secondary N) is 2. The molecule has 0 unspecified atom stereocenters. The van der Waals surface area contributed by atoms with E-state index in [0.717, 1.165) is 11.3 Å². The molecular weight excluding hydrogens is 501 g/mol. The van der Waals surface area contributed by atoms with Crippen LogP contribution in [0.25, 0.3) is 5.69 Å². The van der Waals surface area contributed by atoms with Crippen LogP contribution in [0.15, 0.2) is 72.9 Å². The molecule has 4 rings (SSSR count). The van der Waals surface area contributed by atoms with Crippen LogP contribution in [-0.4, -0.2) is 44.1 Å². The van der Waals surface area contributed by atoms with Gasteiger partial charge in [0.1, 0.15) is 12.2 Å². The summed E-state index contributed by atoms with van der Waals surface area (Å²) >= 11 is 0. The molecule has 0 saturated carbocycles. The van der Waals surface area contributed by atoms with E-state index >= 15 is 0 Å². The van der Waals surface area contributed by atoms with Crippen LogP contribution in [0.3, 0.4) is 0 Å². The van der Waals surface area contributed by atoms with Crippen molar-refractivity contribution in [1.82, 2.24) is 30.2 Å². The second-order valence-electron chi connectivity index (χ2n) is 8.41. The summed E-state index contributed by atoms with van der Waals surface area (Å²) in [5.41, 5.74) is 2.77.